The van der Waals surface area contributed by atoms with Crippen molar-refractivity contribution in [1.29, 1.82) is 0 Å². The summed E-state index contributed by atoms with van der Waals surface area (Å²) in [7, 11) is 0. The molecule has 0 unspecified atom stereocenters. The number of thiocarbonyl (C=S) groups is 1. The molecule has 0 saturated carbocycles. The summed E-state index contributed by atoms with van der Waals surface area (Å²) >= 11 is 12.6. The van der Waals surface area contributed by atoms with Gasteiger partial charge in [-0.25, -0.2) is 4.68 Å². The molecule has 3 heterocycles. The smallest absolute Gasteiger partial charge is 0.221 e. The zero-order valence-electron chi connectivity index (χ0n) is 13.3. The third-order valence-electron chi connectivity index (χ3n) is 4.13. The number of tetrazole rings is 1. The molecule has 2 aliphatic rings. The van der Waals surface area contributed by atoms with E-state index in [9.17, 15) is 0 Å². The quantitative estimate of drug-likeness (QED) is 0.367. The minimum absolute atomic E-state index is 0.0791. The molecule has 2 saturated heterocycles. The summed E-state index contributed by atoms with van der Waals surface area (Å²) in [4.78, 5) is 0. The van der Waals surface area contributed by atoms with Crippen LogP contribution in [0.5, 0.6) is 0 Å². The van der Waals surface area contributed by atoms with Gasteiger partial charge in [0.2, 0.25) is 4.77 Å². The molecule has 1 aromatic carbocycles. The van der Waals surface area contributed by atoms with Gasteiger partial charge < -0.3 is 15.2 Å². The topological polar surface area (TPSA) is 105 Å². The molecule has 12 heteroatoms. The first-order chi connectivity index (χ1) is 12.5. The molecule has 3 atom stereocenters. The Balaban J connectivity index is 1.65. The largest absolute Gasteiger partial charge is 0.375 e. The highest BCUT2D eigenvalue weighted by Crippen LogP contribution is 2.33. The van der Waals surface area contributed by atoms with Gasteiger partial charge >= 0.3 is 0 Å². The molecule has 2 fully saturated rings. The minimum Gasteiger partial charge on any atom is -0.375 e. The summed E-state index contributed by atoms with van der Waals surface area (Å²) in [5.74, 6) is 0. The summed E-state index contributed by atoms with van der Waals surface area (Å²) in [6, 6.07) is 7.69. The van der Waals surface area contributed by atoms with Gasteiger partial charge in [-0.15, -0.1) is 0 Å². The number of fused-ring (bicyclic) bond motifs is 2. The fraction of sp³-hybridized carbons (Fsp3) is 0.357. The lowest BCUT2D eigenvalue weighted by Crippen LogP contribution is -2.39. The molecular formula is C14H14IN7O2S2. The van der Waals surface area contributed by atoms with Crippen molar-refractivity contribution < 1.29 is 9.47 Å². The number of benzene rings is 1. The number of nitrogens with zero attached hydrogens (tertiary/aromatic N) is 5. The number of hydrazone groups is 1. The number of ether oxygens (including phenoxy) is 2. The highest BCUT2D eigenvalue weighted by Gasteiger charge is 2.44. The first-order valence-electron chi connectivity index (χ1n) is 7.72. The van der Waals surface area contributed by atoms with E-state index in [0.717, 1.165) is 9.26 Å². The van der Waals surface area contributed by atoms with E-state index in [1.165, 1.54) is 0 Å². The van der Waals surface area contributed by atoms with E-state index in [1.54, 1.807) is 9.36 Å². The molecule has 3 N–H and O–H groups in total. The van der Waals surface area contributed by atoms with Crippen LogP contribution < -0.4 is 11.2 Å². The van der Waals surface area contributed by atoms with Crippen LogP contribution >= 0.6 is 47.0 Å². The molecule has 136 valence electrons. The summed E-state index contributed by atoms with van der Waals surface area (Å²) in [5.41, 5.74) is 9.52. The Morgan fingerprint density at radius 2 is 2.12 bits per heavy atom. The predicted octanol–water partition coefficient (Wildman–Crippen LogP) is 1.28. The number of hydrogen-bond acceptors (Lipinski definition) is 7. The van der Waals surface area contributed by atoms with Crippen LogP contribution in [0.1, 0.15) is 12.5 Å². The van der Waals surface area contributed by atoms with Crippen LogP contribution in [-0.4, -0.2) is 49.6 Å². The highest BCUT2D eigenvalue weighted by atomic mass is 127. The summed E-state index contributed by atoms with van der Waals surface area (Å²) in [6.07, 6.45) is -0.124. The van der Waals surface area contributed by atoms with Crippen LogP contribution in [-0.2, 0) is 9.47 Å². The highest BCUT2D eigenvalue weighted by molar-refractivity contribution is 14.1. The molecule has 9 nitrogen and oxygen atoms in total. The lowest BCUT2D eigenvalue weighted by atomic mass is 10.0. The van der Waals surface area contributed by atoms with Gasteiger partial charge in [-0.1, -0.05) is 0 Å². The first-order valence-corrected chi connectivity index (χ1v) is 9.62. The van der Waals surface area contributed by atoms with Crippen LogP contribution in [0.3, 0.4) is 0 Å². The maximum absolute atomic E-state index is 5.87. The Hall–Kier alpha value is -1.48. The molecule has 26 heavy (non-hydrogen) atoms. The van der Waals surface area contributed by atoms with E-state index in [1.807, 2.05) is 24.3 Å². The van der Waals surface area contributed by atoms with E-state index in [-0.39, 0.29) is 17.3 Å². The van der Waals surface area contributed by atoms with Crippen LogP contribution in [0.15, 0.2) is 29.4 Å². The van der Waals surface area contributed by atoms with Gasteiger partial charge in [0.1, 0.15) is 6.10 Å². The second-order valence-corrected chi connectivity index (χ2v) is 7.84. The monoisotopic (exact) mass is 503 g/mol. The first kappa shape index (κ1) is 17.9. The maximum atomic E-state index is 5.87. The summed E-state index contributed by atoms with van der Waals surface area (Å²) in [6.45, 7) is 0.430. The number of hydrogen-bond donors (Lipinski definition) is 2. The lowest BCUT2D eigenvalue weighted by molar-refractivity contribution is -0.0324. The van der Waals surface area contributed by atoms with Gasteiger partial charge in [-0.2, -0.15) is 9.78 Å². The predicted molar refractivity (Wildman–Crippen MR) is 109 cm³/mol. The Bertz CT molecular complexity index is 926. The number of rotatable bonds is 3. The fourth-order valence-corrected chi connectivity index (χ4v) is 3.64. The molecule has 2 bridgehead atoms. The van der Waals surface area contributed by atoms with Crippen LogP contribution in [0, 0.1) is 8.34 Å². The van der Waals surface area contributed by atoms with E-state index in [2.05, 4.69) is 43.5 Å². The number of halogens is 1. The normalized spacial score (nSPS) is 26.2. The number of aromatic nitrogens is 4. The molecule has 1 aromatic heterocycles. The molecule has 0 radical (unpaired) electrons. The van der Waals surface area contributed by atoms with Gasteiger partial charge in [0.15, 0.2) is 11.4 Å². The molecule has 0 aliphatic carbocycles. The van der Waals surface area contributed by atoms with Crippen molar-refractivity contribution in [2.75, 3.05) is 6.61 Å². The molecule has 2 aliphatic heterocycles. The van der Waals surface area contributed by atoms with Gasteiger partial charge in [-0.05, 0) is 81.7 Å². The number of nitrogens with two attached hydrogens (primary N) is 1. The number of nitrogens with one attached hydrogen (secondary N) is 1. The average Bonchev–Trinajstić information content (AvgIpc) is 3.20. The van der Waals surface area contributed by atoms with E-state index >= 15 is 0 Å². The van der Waals surface area contributed by atoms with Crippen LogP contribution in [0.25, 0.3) is 5.69 Å². The fourth-order valence-electron chi connectivity index (χ4n) is 2.92. The van der Waals surface area contributed by atoms with Crippen molar-refractivity contribution in [1.82, 2.24) is 25.2 Å². The summed E-state index contributed by atoms with van der Waals surface area (Å²) in [5, 5.41) is 12.7. The van der Waals surface area contributed by atoms with Gasteiger partial charge in [-0.3, -0.25) is 5.43 Å². The van der Waals surface area contributed by atoms with Gasteiger partial charge in [0.05, 0.1) is 24.0 Å². The molecule has 2 aromatic rings. The van der Waals surface area contributed by atoms with Crippen LogP contribution in [0.4, 0.5) is 0 Å². The van der Waals surface area contributed by atoms with Crippen LogP contribution in [0.2, 0.25) is 0 Å². The Morgan fingerprint density at radius 3 is 2.85 bits per heavy atom. The second kappa shape index (κ2) is 7.26. The molecule has 0 spiro atoms. The van der Waals surface area contributed by atoms with Gasteiger partial charge in [0.25, 0.3) is 0 Å². The van der Waals surface area contributed by atoms with Crippen molar-refractivity contribution in [2.45, 2.75) is 24.9 Å². The zero-order valence-corrected chi connectivity index (χ0v) is 17.1. The SMILES string of the molecule is NC(=S)N/N=C1\C[C@H](n2nnn(-c3ccc(I)cc3)c2=S)[C@H]2CO[C@@H]1O2. The van der Waals surface area contributed by atoms with Crippen molar-refractivity contribution in [2.24, 2.45) is 10.8 Å². The zero-order chi connectivity index (χ0) is 18.3. The van der Waals surface area contributed by atoms with Crippen molar-refractivity contribution in [3.8, 4) is 5.69 Å². The van der Waals surface area contributed by atoms with Gasteiger partial charge in [0, 0.05) is 9.99 Å². The second-order valence-electron chi connectivity index (χ2n) is 5.78. The van der Waals surface area contributed by atoms with E-state index in [4.69, 9.17) is 39.6 Å². The third kappa shape index (κ3) is 3.38. The van der Waals surface area contributed by atoms with Crippen molar-refractivity contribution in [3.05, 3.63) is 32.6 Å². The van der Waals surface area contributed by atoms with E-state index < -0.39 is 6.29 Å². The standard InChI is InChI=1S/C14H14IN7O2S2/c15-7-1-3-8(4-2-7)21-14(26)22(20-19-21)10-5-9(17-18-13(16)25)12-23-6-11(10)24-12/h1-4,10-12H,5-6H2,(H3,16,18,25)/b17-9+/t10-,11+,12+/m0/s1. The Kier molecular flexibility index (Phi) is 5.00. The maximum Gasteiger partial charge on any atom is 0.221 e. The third-order valence-corrected chi connectivity index (χ3v) is 5.30. The van der Waals surface area contributed by atoms with Crippen molar-refractivity contribution in [3.63, 3.8) is 0 Å². The summed E-state index contributed by atoms with van der Waals surface area (Å²) < 4.78 is 16.4. The Labute approximate surface area is 172 Å². The average molecular weight is 503 g/mol. The minimum atomic E-state index is -0.501. The molecular weight excluding hydrogens is 489 g/mol. The lowest BCUT2D eigenvalue weighted by Gasteiger charge is -2.27. The van der Waals surface area contributed by atoms with Crippen molar-refractivity contribution >= 4 is 57.9 Å². The molecule has 0 amide bonds. The van der Waals surface area contributed by atoms with E-state index in [0.29, 0.717) is 23.5 Å². The molecule has 4 rings (SSSR count). The Morgan fingerprint density at radius 1 is 1.35 bits per heavy atom.